The van der Waals surface area contributed by atoms with Crippen molar-refractivity contribution in [3.05, 3.63) is 40.2 Å². The number of rotatable bonds is 8. The Kier molecular flexibility index (Phi) is 5.95. The molecule has 0 radical (unpaired) electrons. The lowest BCUT2D eigenvalue weighted by molar-refractivity contribution is -0.137. The first-order chi connectivity index (χ1) is 11.5. The smallest absolute Gasteiger partial charge is 0.336 e. The SMILES string of the molecule is O=C(O)CCCCCNC(=O)Cc1cc(=O)oc2cc(O)ccc12. The van der Waals surface area contributed by atoms with E-state index in [4.69, 9.17) is 9.52 Å². The second-order valence-electron chi connectivity index (χ2n) is 5.50. The van der Waals surface area contributed by atoms with Crippen molar-refractivity contribution in [3.63, 3.8) is 0 Å². The molecular formula is C17H19NO6. The molecule has 128 valence electrons. The predicted molar refractivity (Wildman–Crippen MR) is 87.0 cm³/mol. The molecule has 0 unspecified atom stereocenters. The van der Waals surface area contributed by atoms with Gasteiger partial charge in [0.05, 0.1) is 6.42 Å². The number of carboxylic acid groups (broad SMARTS) is 1. The molecule has 7 heteroatoms. The van der Waals surface area contributed by atoms with Gasteiger partial charge in [0.2, 0.25) is 5.91 Å². The molecule has 1 heterocycles. The monoisotopic (exact) mass is 333 g/mol. The maximum absolute atomic E-state index is 12.0. The third-order valence-electron chi connectivity index (χ3n) is 3.55. The highest BCUT2D eigenvalue weighted by atomic mass is 16.4. The van der Waals surface area contributed by atoms with Gasteiger partial charge >= 0.3 is 11.6 Å². The minimum Gasteiger partial charge on any atom is -0.508 e. The van der Waals surface area contributed by atoms with E-state index in [2.05, 4.69) is 5.32 Å². The van der Waals surface area contributed by atoms with Gasteiger partial charge in [-0.15, -0.1) is 0 Å². The van der Waals surface area contributed by atoms with Gasteiger partial charge in [0.25, 0.3) is 0 Å². The minimum atomic E-state index is -0.820. The Morgan fingerprint density at radius 3 is 2.67 bits per heavy atom. The molecule has 0 fully saturated rings. The van der Waals surface area contributed by atoms with Crippen LogP contribution >= 0.6 is 0 Å². The fourth-order valence-electron chi connectivity index (χ4n) is 2.41. The van der Waals surface area contributed by atoms with Crippen molar-refractivity contribution in [2.75, 3.05) is 6.54 Å². The molecule has 0 aliphatic heterocycles. The van der Waals surface area contributed by atoms with Crippen molar-refractivity contribution >= 4 is 22.8 Å². The van der Waals surface area contributed by atoms with Crippen molar-refractivity contribution in [2.24, 2.45) is 0 Å². The Balaban J connectivity index is 1.91. The van der Waals surface area contributed by atoms with Crippen LogP contribution in [0.5, 0.6) is 5.75 Å². The van der Waals surface area contributed by atoms with Gasteiger partial charge in [0.1, 0.15) is 11.3 Å². The molecular weight excluding hydrogens is 314 g/mol. The van der Waals surface area contributed by atoms with Gasteiger partial charge in [-0.05, 0) is 30.5 Å². The fraction of sp³-hybridized carbons (Fsp3) is 0.353. The Labute approximate surface area is 137 Å². The summed E-state index contributed by atoms with van der Waals surface area (Å²) in [7, 11) is 0. The second-order valence-corrected chi connectivity index (χ2v) is 5.50. The van der Waals surface area contributed by atoms with E-state index in [1.54, 1.807) is 6.07 Å². The Morgan fingerprint density at radius 1 is 1.12 bits per heavy atom. The summed E-state index contributed by atoms with van der Waals surface area (Å²) in [6, 6.07) is 5.67. The molecule has 3 N–H and O–H groups in total. The van der Waals surface area contributed by atoms with E-state index >= 15 is 0 Å². The van der Waals surface area contributed by atoms with Crippen LogP contribution in [-0.4, -0.2) is 28.6 Å². The van der Waals surface area contributed by atoms with Gasteiger partial charge in [-0.3, -0.25) is 9.59 Å². The number of benzene rings is 1. The van der Waals surface area contributed by atoms with Crippen LogP contribution in [0.15, 0.2) is 33.5 Å². The van der Waals surface area contributed by atoms with Crippen molar-refractivity contribution in [2.45, 2.75) is 32.1 Å². The number of hydrogen-bond donors (Lipinski definition) is 3. The molecule has 1 aromatic carbocycles. The van der Waals surface area contributed by atoms with Crippen LogP contribution in [0.2, 0.25) is 0 Å². The zero-order chi connectivity index (χ0) is 17.5. The molecule has 0 spiro atoms. The minimum absolute atomic E-state index is 0.0198. The van der Waals surface area contributed by atoms with E-state index in [1.165, 1.54) is 18.2 Å². The first-order valence-corrected chi connectivity index (χ1v) is 7.70. The summed E-state index contributed by atoms with van der Waals surface area (Å²) < 4.78 is 5.01. The van der Waals surface area contributed by atoms with E-state index in [1.807, 2.05) is 0 Å². The number of carbonyl (C=O) groups excluding carboxylic acids is 1. The Hall–Kier alpha value is -2.83. The number of carboxylic acids is 1. The van der Waals surface area contributed by atoms with Crippen LogP contribution in [0.25, 0.3) is 11.0 Å². The molecule has 7 nitrogen and oxygen atoms in total. The van der Waals surface area contributed by atoms with Crippen LogP contribution in [0.4, 0.5) is 0 Å². The van der Waals surface area contributed by atoms with E-state index in [9.17, 15) is 19.5 Å². The van der Waals surface area contributed by atoms with Gasteiger partial charge in [-0.2, -0.15) is 0 Å². The van der Waals surface area contributed by atoms with E-state index in [0.29, 0.717) is 30.3 Å². The highest BCUT2D eigenvalue weighted by molar-refractivity contribution is 5.87. The molecule has 0 aliphatic carbocycles. The maximum atomic E-state index is 12.0. The summed E-state index contributed by atoms with van der Waals surface area (Å²) in [5, 5.41) is 21.3. The molecule has 0 atom stereocenters. The van der Waals surface area contributed by atoms with Crippen molar-refractivity contribution in [1.29, 1.82) is 0 Å². The van der Waals surface area contributed by atoms with Crippen LogP contribution < -0.4 is 10.9 Å². The molecule has 1 aromatic heterocycles. The number of unbranched alkanes of at least 4 members (excludes halogenated alkanes) is 2. The lowest BCUT2D eigenvalue weighted by atomic mass is 10.1. The van der Waals surface area contributed by atoms with Crippen LogP contribution in [0, 0.1) is 0 Å². The van der Waals surface area contributed by atoms with E-state index in [-0.39, 0.29) is 30.1 Å². The van der Waals surface area contributed by atoms with Gasteiger partial charge in [-0.1, -0.05) is 6.42 Å². The molecule has 0 saturated heterocycles. The lowest BCUT2D eigenvalue weighted by Gasteiger charge is -2.07. The van der Waals surface area contributed by atoms with Crippen LogP contribution in [-0.2, 0) is 16.0 Å². The van der Waals surface area contributed by atoms with Gasteiger partial charge in [0, 0.05) is 30.5 Å². The predicted octanol–water partition coefficient (Wildman–Crippen LogP) is 1.80. The summed E-state index contributed by atoms with van der Waals surface area (Å²) in [6.07, 6.45) is 2.17. The maximum Gasteiger partial charge on any atom is 0.336 e. The number of aliphatic carboxylic acids is 1. The van der Waals surface area contributed by atoms with Gasteiger partial charge in [-0.25, -0.2) is 4.79 Å². The van der Waals surface area contributed by atoms with Crippen LogP contribution in [0.1, 0.15) is 31.2 Å². The number of aromatic hydroxyl groups is 1. The Bertz CT molecular complexity index is 795. The quantitative estimate of drug-likeness (QED) is 0.501. The van der Waals surface area contributed by atoms with Gasteiger partial charge < -0.3 is 19.9 Å². The molecule has 0 saturated carbocycles. The third-order valence-corrected chi connectivity index (χ3v) is 3.55. The average molecular weight is 333 g/mol. The summed E-state index contributed by atoms with van der Waals surface area (Å²) in [5.74, 6) is -1.07. The highest BCUT2D eigenvalue weighted by Gasteiger charge is 2.10. The lowest BCUT2D eigenvalue weighted by Crippen LogP contribution is -2.26. The highest BCUT2D eigenvalue weighted by Crippen LogP contribution is 2.22. The number of phenols is 1. The number of fused-ring (bicyclic) bond motifs is 1. The first-order valence-electron chi connectivity index (χ1n) is 7.70. The largest absolute Gasteiger partial charge is 0.508 e. The third kappa shape index (κ3) is 5.12. The zero-order valence-corrected chi connectivity index (χ0v) is 13.1. The van der Waals surface area contributed by atoms with Crippen LogP contribution in [0.3, 0.4) is 0 Å². The fourth-order valence-corrected chi connectivity index (χ4v) is 2.41. The second kappa shape index (κ2) is 8.14. The van der Waals surface area contributed by atoms with Crippen molar-refractivity contribution in [1.82, 2.24) is 5.32 Å². The topological polar surface area (TPSA) is 117 Å². The molecule has 0 bridgehead atoms. The van der Waals surface area contributed by atoms with Crippen molar-refractivity contribution in [3.8, 4) is 5.75 Å². The molecule has 1 amide bonds. The summed E-state index contributed by atoms with van der Waals surface area (Å²) in [5.41, 5.74) is 0.188. The molecule has 0 aliphatic rings. The molecule has 24 heavy (non-hydrogen) atoms. The van der Waals surface area contributed by atoms with Crippen molar-refractivity contribution < 1.29 is 24.2 Å². The number of carbonyl (C=O) groups is 2. The van der Waals surface area contributed by atoms with Gasteiger partial charge in [0.15, 0.2) is 0 Å². The summed E-state index contributed by atoms with van der Waals surface area (Å²) >= 11 is 0. The molecule has 2 aromatic rings. The summed E-state index contributed by atoms with van der Waals surface area (Å²) in [4.78, 5) is 33.9. The van der Waals surface area contributed by atoms with E-state index < -0.39 is 11.6 Å². The Morgan fingerprint density at radius 2 is 1.92 bits per heavy atom. The first kappa shape index (κ1) is 17.5. The average Bonchev–Trinajstić information content (AvgIpc) is 2.49. The normalized spacial score (nSPS) is 10.7. The van der Waals surface area contributed by atoms with E-state index in [0.717, 1.165) is 6.42 Å². The summed E-state index contributed by atoms with van der Waals surface area (Å²) in [6.45, 7) is 0.457. The number of nitrogens with one attached hydrogen (secondary N) is 1. The number of amides is 1. The number of hydrogen-bond acceptors (Lipinski definition) is 5. The zero-order valence-electron chi connectivity index (χ0n) is 13.1. The molecule has 2 rings (SSSR count). The number of phenolic OH excluding ortho intramolecular Hbond substituents is 1. The standard InChI is InChI=1S/C17H19NO6/c19-12-5-6-13-11(9-17(23)24-14(13)10-12)8-15(20)18-7-3-1-2-4-16(21)22/h5-6,9-10,19H,1-4,7-8H2,(H,18,20)(H,21,22).